The van der Waals surface area contributed by atoms with Gasteiger partial charge in [0.15, 0.2) is 0 Å². The third kappa shape index (κ3) is 4.24. The van der Waals surface area contributed by atoms with Crippen LogP contribution in [0.4, 0.5) is 0 Å². The Bertz CT molecular complexity index is 403. The Morgan fingerprint density at radius 3 is 2.37 bits per heavy atom. The van der Waals surface area contributed by atoms with Gasteiger partial charge in [-0.2, -0.15) is 0 Å². The van der Waals surface area contributed by atoms with Gasteiger partial charge in [0, 0.05) is 25.2 Å². The van der Waals surface area contributed by atoms with E-state index in [1.165, 1.54) is 0 Å². The lowest BCUT2D eigenvalue weighted by Crippen LogP contribution is -2.39. The Labute approximate surface area is 115 Å². The van der Waals surface area contributed by atoms with Crippen LogP contribution in [0.5, 0.6) is 5.75 Å². The smallest absolute Gasteiger partial charge is 0.253 e. The molecule has 1 amide bonds. The van der Waals surface area contributed by atoms with E-state index in [0.29, 0.717) is 12.1 Å². The van der Waals surface area contributed by atoms with E-state index < -0.39 is 0 Å². The number of nitrogens with two attached hydrogens (primary N) is 1. The minimum Gasteiger partial charge on any atom is -0.491 e. The Morgan fingerprint density at radius 2 is 1.89 bits per heavy atom. The van der Waals surface area contributed by atoms with Crippen LogP contribution < -0.4 is 10.5 Å². The average Bonchev–Trinajstić information content (AvgIpc) is 2.45. The third-order valence-corrected chi connectivity index (χ3v) is 3.34. The molecule has 0 aromatic heterocycles. The average molecular weight is 264 g/mol. The summed E-state index contributed by atoms with van der Waals surface area (Å²) >= 11 is 0. The van der Waals surface area contributed by atoms with E-state index in [-0.39, 0.29) is 18.1 Å². The zero-order valence-corrected chi connectivity index (χ0v) is 12.2. The molecule has 0 bridgehead atoms. The topological polar surface area (TPSA) is 55.6 Å². The lowest BCUT2D eigenvalue weighted by Gasteiger charge is -2.23. The molecule has 4 nitrogen and oxygen atoms in total. The highest BCUT2D eigenvalue weighted by atomic mass is 16.5. The summed E-state index contributed by atoms with van der Waals surface area (Å²) in [5.74, 6) is 0.772. The lowest BCUT2D eigenvalue weighted by molar-refractivity contribution is 0.0748. The maximum absolute atomic E-state index is 12.2. The van der Waals surface area contributed by atoms with Gasteiger partial charge in [0.2, 0.25) is 0 Å². The van der Waals surface area contributed by atoms with Crippen LogP contribution in [0, 0.1) is 0 Å². The summed E-state index contributed by atoms with van der Waals surface area (Å²) in [6.45, 7) is 6.48. The first-order chi connectivity index (χ1) is 8.99. The number of likely N-dealkylation sites (N-methyl/N-ethyl adjacent to an activating group) is 1. The number of hydrogen-bond donors (Lipinski definition) is 1. The standard InChI is InChI=1S/C15H24N2O2/c1-5-12(3)19-14-8-6-13(7-9-14)15(18)17(4)11(2)10-16/h6-9,11-12H,5,10,16H2,1-4H3. The van der Waals surface area contributed by atoms with Gasteiger partial charge in [-0.15, -0.1) is 0 Å². The number of carbonyl (C=O) groups is 1. The first kappa shape index (κ1) is 15.5. The number of ether oxygens (including phenoxy) is 1. The minimum atomic E-state index is -0.0203. The molecule has 0 aliphatic carbocycles. The van der Waals surface area contributed by atoms with Gasteiger partial charge >= 0.3 is 0 Å². The van der Waals surface area contributed by atoms with Crippen LogP contribution in [-0.2, 0) is 0 Å². The molecule has 2 unspecified atom stereocenters. The highest BCUT2D eigenvalue weighted by Gasteiger charge is 2.16. The van der Waals surface area contributed by atoms with Crippen LogP contribution in [0.1, 0.15) is 37.6 Å². The van der Waals surface area contributed by atoms with Crippen molar-refractivity contribution < 1.29 is 9.53 Å². The van der Waals surface area contributed by atoms with E-state index in [9.17, 15) is 4.79 Å². The van der Waals surface area contributed by atoms with E-state index in [1.54, 1.807) is 24.1 Å². The van der Waals surface area contributed by atoms with Crippen LogP contribution >= 0.6 is 0 Å². The fraction of sp³-hybridized carbons (Fsp3) is 0.533. The molecule has 19 heavy (non-hydrogen) atoms. The van der Waals surface area contributed by atoms with E-state index in [0.717, 1.165) is 12.2 Å². The molecule has 0 aliphatic heterocycles. The van der Waals surface area contributed by atoms with Crippen molar-refractivity contribution >= 4 is 5.91 Å². The predicted octanol–water partition coefficient (Wildman–Crippen LogP) is 2.28. The molecule has 0 heterocycles. The Kier molecular flexibility index (Phi) is 5.83. The second-order valence-corrected chi connectivity index (χ2v) is 4.86. The molecule has 0 radical (unpaired) electrons. The number of carbonyl (C=O) groups excluding carboxylic acids is 1. The van der Waals surface area contributed by atoms with Gasteiger partial charge < -0.3 is 15.4 Å². The molecule has 2 atom stereocenters. The molecule has 1 rings (SSSR count). The SMILES string of the molecule is CCC(C)Oc1ccc(C(=O)N(C)C(C)CN)cc1. The first-order valence-corrected chi connectivity index (χ1v) is 6.73. The Morgan fingerprint density at radius 1 is 1.32 bits per heavy atom. The van der Waals surface area contributed by atoms with Crippen molar-refractivity contribution in [1.29, 1.82) is 0 Å². The third-order valence-electron chi connectivity index (χ3n) is 3.34. The number of benzene rings is 1. The van der Waals surface area contributed by atoms with Crippen molar-refractivity contribution in [1.82, 2.24) is 4.90 Å². The van der Waals surface area contributed by atoms with E-state index >= 15 is 0 Å². The van der Waals surface area contributed by atoms with Crippen molar-refractivity contribution in [3.8, 4) is 5.75 Å². The molecule has 0 saturated heterocycles. The van der Waals surface area contributed by atoms with Crippen molar-refractivity contribution in [3.05, 3.63) is 29.8 Å². The number of amides is 1. The molecule has 0 aliphatic rings. The second-order valence-electron chi connectivity index (χ2n) is 4.86. The predicted molar refractivity (Wildman–Crippen MR) is 77.4 cm³/mol. The summed E-state index contributed by atoms with van der Waals surface area (Å²) in [5.41, 5.74) is 6.22. The molecule has 2 N–H and O–H groups in total. The summed E-state index contributed by atoms with van der Waals surface area (Å²) in [6.07, 6.45) is 1.14. The molecular formula is C15H24N2O2. The van der Waals surface area contributed by atoms with Crippen LogP contribution in [0.15, 0.2) is 24.3 Å². The van der Waals surface area contributed by atoms with E-state index in [1.807, 2.05) is 26.0 Å². The molecule has 1 aromatic rings. The molecular weight excluding hydrogens is 240 g/mol. The maximum Gasteiger partial charge on any atom is 0.253 e. The largest absolute Gasteiger partial charge is 0.491 e. The summed E-state index contributed by atoms with van der Waals surface area (Å²) in [7, 11) is 1.77. The normalized spacial score (nSPS) is 13.7. The fourth-order valence-corrected chi connectivity index (χ4v) is 1.55. The molecule has 106 valence electrons. The summed E-state index contributed by atoms with van der Waals surface area (Å²) in [5, 5.41) is 0. The maximum atomic E-state index is 12.2. The van der Waals surface area contributed by atoms with Gasteiger partial charge in [-0.1, -0.05) is 6.92 Å². The Hall–Kier alpha value is -1.55. The molecule has 0 fully saturated rings. The summed E-state index contributed by atoms with van der Waals surface area (Å²) < 4.78 is 5.68. The van der Waals surface area contributed by atoms with Crippen molar-refractivity contribution in [2.75, 3.05) is 13.6 Å². The fourth-order valence-electron chi connectivity index (χ4n) is 1.55. The van der Waals surface area contributed by atoms with Gasteiger partial charge in [-0.25, -0.2) is 0 Å². The Balaban J connectivity index is 2.73. The molecule has 1 aromatic carbocycles. The van der Waals surface area contributed by atoms with Gasteiger partial charge in [0.1, 0.15) is 5.75 Å². The zero-order valence-electron chi connectivity index (χ0n) is 12.2. The van der Waals surface area contributed by atoms with Crippen LogP contribution in [0.2, 0.25) is 0 Å². The van der Waals surface area contributed by atoms with Gasteiger partial charge in [0.25, 0.3) is 5.91 Å². The van der Waals surface area contributed by atoms with Crippen LogP contribution in [0.25, 0.3) is 0 Å². The zero-order chi connectivity index (χ0) is 14.4. The summed E-state index contributed by atoms with van der Waals surface area (Å²) in [4.78, 5) is 13.8. The van der Waals surface area contributed by atoms with Crippen LogP contribution in [-0.4, -0.2) is 36.5 Å². The molecule has 0 saturated carbocycles. The van der Waals surface area contributed by atoms with Crippen LogP contribution in [0.3, 0.4) is 0 Å². The number of hydrogen-bond acceptors (Lipinski definition) is 3. The van der Waals surface area contributed by atoms with E-state index in [2.05, 4.69) is 6.92 Å². The highest BCUT2D eigenvalue weighted by molar-refractivity contribution is 5.94. The van der Waals surface area contributed by atoms with Crippen molar-refractivity contribution in [2.24, 2.45) is 5.73 Å². The monoisotopic (exact) mass is 264 g/mol. The summed E-state index contributed by atoms with van der Waals surface area (Å²) in [6, 6.07) is 7.28. The van der Waals surface area contributed by atoms with Crippen molar-refractivity contribution in [2.45, 2.75) is 39.3 Å². The quantitative estimate of drug-likeness (QED) is 0.857. The molecule has 4 heteroatoms. The lowest BCUT2D eigenvalue weighted by atomic mass is 10.1. The van der Waals surface area contributed by atoms with Gasteiger partial charge in [-0.05, 0) is 44.5 Å². The van der Waals surface area contributed by atoms with E-state index in [4.69, 9.17) is 10.5 Å². The number of rotatable bonds is 6. The highest BCUT2D eigenvalue weighted by Crippen LogP contribution is 2.16. The second kappa shape index (κ2) is 7.14. The van der Waals surface area contributed by atoms with Crippen molar-refractivity contribution in [3.63, 3.8) is 0 Å². The molecule has 0 spiro atoms. The number of nitrogens with zero attached hydrogens (tertiary/aromatic N) is 1. The first-order valence-electron chi connectivity index (χ1n) is 6.73. The van der Waals surface area contributed by atoms with Gasteiger partial charge in [0.05, 0.1) is 6.10 Å². The minimum absolute atomic E-state index is 0.0203. The van der Waals surface area contributed by atoms with Gasteiger partial charge in [-0.3, -0.25) is 4.79 Å².